The van der Waals surface area contributed by atoms with E-state index in [4.69, 9.17) is 0 Å². The standard InChI is InChI=1S/C11H9F2NO2/c1-5-10(15)11(16)9-7(13)3-6(12)4-8(9)14(5)2/h3-4,15H,1-2H3. The van der Waals surface area contributed by atoms with Gasteiger partial charge in [0.25, 0.3) is 0 Å². The monoisotopic (exact) mass is 225 g/mol. The highest BCUT2D eigenvalue weighted by Crippen LogP contribution is 2.21. The number of aromatic hydroxyl groups is 1. The van der Waals surface area contributed by atoms with Crippen LogP contribution in [0.25, 0.3) is 10.9 Å². The molecule has 0 aliphatic heterocycles. The molecule has 1 aromatic carbocycles. The second-order valence-corrected chi connectivity index (χ2v) is 3.60. The van der Waals surface area contributed by atoms with Crippen LogP contribution in [0.15, 0.2) is 16.9 Å². The van der Waals surface area contributed by atoms with Gasteiger partial charge in [-0.1, -0.05) is 0 Å². The third-order valence-electron chi connectivity index (χ3n) is 2.68. The summed E-state index contributed by atoms with van der Waals surface area (Å²) in [5, 5.41) is 9.19. The van der Waals surface area contributed by atoms with Gasteiger partial charge in [0.1, 0.15) is 11.6 Å². The molecule has 1 N–H and O–H groups in total. The van der Waals surface area contributed by atoms with Crippen molar-refractivity contribution in [1.82, 2.24) is 4.57 Å². The minimum Gasteiger partial charge on any atom is -0.503 e. The first-order valence-electron chi connectivity index (χ1n) is 4.60. The normalized spacial score (nSPS) is 11.0. The Kier molecular flexibility index (Phi) is 2.18. The maximum atomic E-state index is 13.4. The smallest absolute Gasteiger partial charge is 0.234 e. The van der Waals surface area contributed by atoms with Gasteiger partial charge in [-0.3, -0.25) is 4.79 Å². The van der Waals surface area contributed by atoms with Crippen LogP contribution in [0.5, 0.6) is 5.75 Å². The lowest BCUT2D eigenvalue weighted by Crippen LogP contribution is -2.12. The molecule has 3 nitrogen and oxygen atoms in total. The van der Waals surface area contributed by atoms with Crippen LogP contribution in [-0.4, -0.2) is 9.67 Å². The number of aromatic nitrogens is 1. The molecule has 0 spiro atoms. The first-order chi connectivity index (χ1) is 7.43. The molecule has 84 valence electrons. The van der Waals surface area contributed by atoms with Gasteiger partial charge in [-0.2, -0.15) is 0 Å². The lowest BCUT2D eigenvalue weighted by molar-refractivity contribution is 0.459. The van der Waals surface area contributed by atoms with E-state index in [1.54, 1.807) is 0 Å². The van der Waals surface area contributed by atoms with Gasteiger partial charge in [-0.15, -0.1) is 0 Å². The van der Waals surface area contributed by atoms with Gasteiger partial charge < -0.3 is 9.67 Å². The quantitative estimate of drug-likeness (QED) is 0.743. The predicted octanol–water partition coefficient (Wildman–Crippen LogP) is 1.83. The molecule has 0 radical (unpaired) electrons. The summed E-state index contributed by atoms with van der Waals surface area (Å²) >= 11 is 0. The summed E-state index contributed by atoms with van der Waals surface area (Å²) in [6.07, 6.45) is 0. The second kappa shape index (κ2) is 3.30. The minimum atomic E-state index is -0.967. The minimum absolute atomic E-state index is 0.123. The lowest BCUT2D eigenvalue weighted by atomic mass is 10.1. The van der Waals surface area contributed by atoms with Crippen molar-refractivity contribution in [3.63, 3.8) is 0 Å². The summed E-state index contributed by atoms with van der Waals surface area (Å²) < 4.78 is 27.8. The van der Waals surface area contributed by atoms with Crippen molar-refractivity contribution < 1.29 is 13.9 Å². The number of halogens is 2. The van der Waals surface area contributed by atoms with Crippen LogP contribution in [-0.2, 0) is 7.05 Å². The first kappa shape index (κ1) is 10.6. The average Bonchev–Trinajstić information content (AvgIpc) is 2.22. The molecule has 0 saturated heterocycles. The van der Waals surface area contributed by atoms with Crippen molar-refractivity contribution >= 4 is 10.9 Å². The van der Waals surface area contributed by atoms with Crippen LogP contribution in [0, 0.1) is 18.6 Å². The van der Waals surface area contributed by atoms with E-state index in [2.05, 4.69) is 0 Å². The number of pyridine rings is 1. The van der Waals surface area contributed by atoms with E-state index in [-0.39, 0.29) is 16.6 Å². The van der Waals surface area contributed by atoms with Crippen LogP contribution in [0.2, 0.25) is 0 Å². The average molecular weight is 225 g/mol. The molecule has 0 fully saturated rings. The van der Waals surface area contributed by atoms with Gasteiger partial charge in [0.05, 0.1) is 16.6 Å². The molecule has 0 unspecified atom stereocenters. The molecule has 1 heterocycles. The van der Waals surface area contributed by atoms with E-state index in [9.17, 15) is 18.7 Å². The molecule has 0 bridgehead atoms. The zero-order chi connectivity index (χ0) is 12.0. The Bertz CT molecular complexity index is 647. The fourth-order valence-corrected chi connectivity index (χ4v) is 1.67. The second-order valence-electron chi connectivity index (χ2n) is 3.60. The number of hydrogen-bond acceptors (Lipinski definition) is 2. The van der Waals surface area contributed by atoms with E-state index in [0.29, 0.717) is 6.07 Å². The summed E-state index contributed by atoms with van der Waals surface area (Å²) in [4.78, 5) is 11.6. The van der Waals surface area contributed by atoms with Crippen molar-refractivity contribution in [1.29, 1.82) is 0 Å². The maximum Gasteiger partial charge on any atom is 0.234 e. The Balaban J connectivity index is 3.15. The predicted molar refractivity (Wildman–Crippen MR) is 55.5 cm³/mol. The molecule has 0 atom stereocenters. The van der Waals surface area contributed by atoms with Crippen molar-refractivity contribution in [2.75, 3.05) is 0 Å². The van der Waals surface area contributed by atoms with Gasteiger partial charge in [-0.05, 0) is 13.0 Å². The van der Waals surface area contributed by atoms with Crippen molar-refractivity contribution in [2.24, 2.45) is 7.05 Å². The Labute approximate surface area is 89.6 Å². The van der Waals surface area contributed by atoms with E-state index < -0.39 is 22.8 Å². The number of benzene rings is 1. The fraction of sp³-hybridized carbons (Fsp3) is 0.182. The SMILES string of the molecule is Cc1c(O)c(=O)c2c(F)cc(F)cc2n1C. The van der Waals surface area contributed by atoms with Crippen LogP contribution in [0.1, 0.15) is 5.69 Å². The molecule has 1 aromatic heterocycles. The Morgan fingerprint density at radius 1 is 1.31 bits per heavy atom. The highest BCUT2D eigenvalue weighted by molar-refractivity contribution is 5.81. The zero-order valence-electron chi connectivity index (χ0n) is 8.71. The van der Waals surface area contributed by atoms with Gasteiger partial charge >= 0.3 is 0 Å². The fourth-order valence-electron chi connectivity index (χ4n) is 1.67. The molecule has 0 aliphatic carbocycles. The number of aryl methyl sites for hydroxylation is 1. The summed E-state index contributed by atoms with van der Waals surface area (Å²) in [6.45, 7) is 1.50. The van der Waals surface area contributed by atoms with Crippen molar-refractivity contribution in [3.8, 4) is 5.75 Å². The van der Waals surface area contributed by atoms with Crippen molar-refractivity contribution in [2.45, 2.75) is 6.92 Å². The summed E-state index contributed by atoms with van der Waals surface area (Å²) in [7, 11) is 1.52. The molecule has 0 saturated carbocycles. The highest BCUT2D eigenvalue weighted by Gasteiger charge is 2.15. The number of rotatable bonds is 0. The molecule has 16 heavy (non-hydrogen) atoms. The van der Waals surface area contributed by atoms with Crippen LogP contribution >= 0.6 is 0 Å². The molecule has 0 amide bonds. The molecular formula is C11H9F2NO2. The maximum absolute atomic E-state index is 13.4. The Hall–Kier alpha value is -1.91. The lowest BCUT2D eigenvalue weighted by Gasteiger charge is -2.11. The summed E-state index contributed by atoms with van der Waals surface area (Å²) in [5.74, 6) is -2.24. The number of fused-ring (bicyclic) bond motifs is 1. The van der Waals surface area contributed by atoms with E-state index in [0.717, 1.165) is 6.07 Å². The topological polar surface area (TPSA) is 42.2 Å². The summed E-state index contributed by atoms with van der Waals surface area (Å²) in [6, 6.07) is 1.69. The van der Waals surface area contributed by atoms with Gasteiger partial charge in [0.2, 0.25) is 5.43 Å². The zero-order valence-corrected chi connectivity index (χ0v) is 8.71. The third kappa shape index (κ3) is 1.28. The van der Waals surface area contributed by atoms with Crippen molar-refractivity contribution in [3.05, 3.63) is 39.7 Å². The summed E-state index contributed by atoms with van der Waals surface area (Å²) in [5.41, 5.74) is -0.427. The molecule has 2 rings (SSSR count). The van der Waals surface area contributed by atoms with Crippen LogP contribution in [0.4, 0.5) is 8.78 Å². The highest BCUT2D eigenvalue weighted by atomic mass is 19.1. The van der Waals surface area contributed by atoms with Gasteiger partial charge in [0.15, 0.2) is 5.75 Å². The van der Waals surface area contributed by atoms with E-state index in [1.165, 1.54) is 18.5 Å². The molecule has 5 heteroatoms. The van der Waals surface area contributed by atoms with Gasteiger partial charge in [0, 0.05) is 13.1 Å². The first-order valence-corrected chi connectivity index (χ1v) is 4.60. The van der Waals surface area contributed by atoms with E-state index >= 15 is 0 Å². The van der Waals surface area contributed by atoms with E-state index in [1.807, 2.05) is 0 Å². The molecule has 2 aromatic rings. The largest absolute Gasteiger partial charge is 0.503 e. The van der Waals surface area contributed by atoms with Crippen LogP contribution in [0.3, 0.4) is 0 Å². The molecule has 0 aliphatic rings. The van der Waals surface area contributed by atoms with Gasteiger partial charge in [-0.25, -0.2) is 8.78 Å². The Morgan fingerprint density at radius 3 is 2.56 bits per heavy atom. The molecular weight excluding hydrogens is 216 g/mol. The number of nitrogens with zero attached hydrogens (tertiary/aromatic N) is 1. The third-order valence-corrected chi connectivity index (χ3v) is 2.68. The van der Waals surface area contributed by atoms with Crippen LogP contribution < -0.4 is 5.43 Å². The number of hydrogen-bond donors (Lipinski definition) is 1. The Morgan fingerprint density at radius 2 is 1.94 bits per heavy atom.